The number of unbranched alkanes of at least 4 members (excludes halogenated alkanes) is 1. The topological polar surface area (TPSA) is 17.8 Å². The molecule has 1 aromatic heterocycles. The fourth-order valence-electron chi connectivity index (χ4n) is 3.00. The van der Waals surface area contributed by atoms with Gasteiger partial charge in [-0.05, 0) is 56.2 Å². The van der Waals surface area contributed by atoms with Gasteiger partial charge < -0.3 is 0 Å². The summed E-state index contributed by atoms with van der Waals surface area (Å²) in [6.45, 7) is 2.25. The van der Waals surface area contributed by atoms with Crippen molar-refractivity contribution in [1.82, 2.24) is 9.78 Å². The standard InChI is InChI=1S/C17H22N2/c1-2-3-12-16-15-11-7-8-13-17(15)19(18-16)14-9-5-4-6-10-14/h4-6,9-10H,2-3,7-8,11-13H2,1H3. The maximum absolute atomic E-state index is 4.92. The second-order valence-corrected chi connectivity index (χ2v) is 5.43. The minimum Gasteiger partial charge on any atom is -0.237 e. The highest BCUT2D eigenvalue weighted by Crippen LogP contribution is 2.27. The fraction of sp³-hybridized carbons (Fsp3) is 0.471. The summed E-state index contributed by atoms with van der Waals surface area (Å²) in [5, 5.41) is 4.92. The Kier molecular flexibility index (Phi) is 3.67. The average Bonchev–Trinajstić information content (AvgIpc) is 2.85. The van der Waals surface area contributed by atoms with Gasteiger partial charge in [0.05, 0.1) is 11.4 Å². The number of aromatic nitrogens is 2. The van der Waals surface area contributed by atoms with E-state index in [1.54, 1.807) is 5.56 Å². The summed E-state index contributed by atoms with van der Waals surface area (Å²) >= 11 is 0. The van der Waals surface area contributed by atoms with E-state index in [9.17, 15) is 0 Å². The minimum absolute atomic E-state index is 1.14. The Bertz CT molecular complexity index is 540. The van der Waals surface area contributed by atoms with Gasteiger partial charge >= 0.3 is 0 Å². The average molecular weight is 254 g/mol. The van der Waals surface area contributed by atoms with Gasteiger partial charge in [0.2, 0.25) is 0 Å². The summed E-state index contributed by atoms with van der Waals surface area (Å²) in [6, 6.07) is 10.6. The minimum atomic E-state index is 1.14. The summed E-state index contributed by atoms with van der Waals surface area (Å²) in [6.07, 6.45) is 8.67. The fourth-order valence-corrected chi connectivity index (χ4v) is 3.00. The SMILES string of the molecule is CCCCc1nn(-c2ccccc2)c2c1CCCC2. The maximum Gasteiger partial charge on any atom is 0.0663 e. The van der Waals surface area contributed by atoms with Crippen LogP contribution in [0.5, 0.6) is 0 Å². The van der Waals surface area contributed by atoms with E-state index in [1.807, 2.05) is 0 Å². The molecule has 0 radical (unpaired) electrons. The third-order valence-electron chi connectivity index (χ3n) is 4.03. The number of nitrogens with zero attached hydrogens (tertiary/aromatic N) is 2. The normalized spacial score (nSPS) is 14.4. The van der Waals surface area contributed by atoms with Crippen LogP contribution < -0.4 is 0 Å². The van der Waals surface area contributed by atoms with Gasteiger partial charge in [0, 0.05) is 5.69 Å². The van der Waals surface area contributed by atoms with Crippen LogP contribution in [0.1, 0.15) is 49.6 Å². The van der Waals surface area contributed by atoms with Crippen LogP contribution in [0, 0.1) is 0 Å². The quantitative estimate of drug-likeness (QED) is 0.803. The van der Waals surface area contributed by atoms with Crippen molar-refractivity contribution in [2.24, 2.45) is 0 Å². The van der Waals surface area contributed by atoms with Crippen molar-refractivity contribution in [3.63, 3.8) is 0 Å². The molecule has 0 amide bonds. The Morgan fingerprint density at radius 1 is 1.11 bits per heavy atom. The van der Waals surface area contributed by atoms with Crippen LogP contribution in [-0.2, 0) is 19.3 Å². The zero-order chi connectivity index (χ0) is 13.1. The summed E-state index contributed by atoms with van der Waals surface area (Å²) in [5.74, 6) is 0. The molecule has 2 heteroatoms. The Balaban J connectivity index is 2.02. The van der Waals surface area contributed by atoms with Crippen LogP contribution in [0.2, 0.25) is 0 Å². The van der Waals surface area contributed by atoms with Gasteiger partial charge in [-0.2, -0.15) is 5.10 Å². The van der Waals surface area contributed by atoms with Crippen molar-refractivity contribution in [3.8, 4) is 5.69 Å². The highest BCUT2D eigenvalue weighted by Gasteiger charge is 2.20. The van der Waals surface area contributed by atoms with E-state index in [1.165, 1.54) is 55.6 Å². The molecule has 0 spiro atoms. The van der Waals surface area contributed by atoms with Crippen LogP contribution >= 0.6 is 0 Å². The summed E-state index contributed by atoms with van der Waals surface area (Å²) in [4.78, 5) is 0. The molecule has 2 nitrogen and oxygen atoms in total. The van der Waals surface area contributed by atoms with Gasteiger partial charge in [0.1, 0.15) is 0 Å². The Morgan fingerprint density at radius 3 is 2.68 bits per heavy atom. The summed E-state index contributed by atoms with van der Waals surface area (Å²) < 4.78 is 2.19. The van der Waals surface area contributed by atoms with E-state index in [-0.39, 0.29) is 0 Å². The first-order valence-electron chi connectivity index (χ1n) is 7.55. The second-order valence-electron chi connectivity index (χ2n) is 5.43. The lowest BCUT2D eigenvalue weighted by atomic mass is 9.94. The molecule has 0 fully saturated rings. The van der Waals surface area contributed by atoms with Crippen LogP contribution in [0.15, 0.2) is 30.3 Å². The van der Waals surface area contributed by atoms with E-state index >= 15 is 0 Å². The first kappa shape index (κ1) is 12.5. The van der Waals surface area contributed by atoms with Crippen LogP contribution in [-0.4, -0.2) is 9.78 Å². The van der Waals surface area contributed by atoms with Crippen molar-refractivity contribution in [1.29, 1.82) is 0 Å². The number of para-hydroxylation sites is 1. The van der Waals surface area contributed by atoms with Gasteiger partial charge in [0.25, 0.3) is 0 Å². The number of benzene rings is 1. The van der Waals surface area contributed by atoms with Gasteiger partial charge in [-0.1, -0.05) is 31.5 Å². The number of hydrogen-bond donors (Lipinski definition) is 0. The van der Waals surface area contributed by atoms with E-state index < -0.39 is 0 Å². The van der Waals surface area contributed by atoms with Crippen LogP contribution in [0.4, 0.5) is 0 Å². The smallest absolute Gasteiger partial charge is 0.0663 e. The molecule has 0 unspecified atom stereocenters. The van der Waals surface area contributed by atoms with Crippen LogP contribution in [0.25, 0.3) is 5.69 Å². The van der Waals surface area contributed by atoms with E-state index in [0.717, 1.165) is 6.42 Å². The molecule has 0 saturated heterocycles. The van der Waals surface area contributed by atoms with Gasteiger partial charge in [-0.3, -0.25) is 0 Å². The van der Waals surface area contributed by atoms with Gasteiger partial charge in [-0.15, -0.1) is 0 Å². The molecule has 3 rings (SSSR count). The van der Waals surface area contributed by atoms with Gasteiger partial charge in [0.15, 0.2) is 0 Å². The molecular weight excluding hydrogens is 232 g/mol. The zero-order valence-corrected chi connectivity index (χ0v) is 11.7. The largest absolute Gasteiger partial charge is 0.237 e. The highest BCUT2D eigenvalue weighted by atomic mass is 15.3. The van der Waals surface area contributed by atoms with Crippen molar-refractivity contribution < 1.29 is 0 Å². The molecule has 0 atom stereocenters. The molecule has 1 aliphatic carbocycles. The Morgan fingerprint density at radius 2 is 1.89 bits per heavy atom. The van der Waals surface area contributed by atoms with Crippen molar-refractivity contribution in [3.05, 3.63) is 47.3 Å². The molecule has 0 saturated carbocycles. The third kappa shape index (κ3) is 2.44. The molecule has 1 aromatic carbocycles. The number of aryl methyl sites for hydroxylation is 1. The molecule has 0 bridgehead atoms. The zero-order valence-electron chi connectivity index (χ0n) is 11.7. The van der Waals surface area contributed by atoms with Crippen LogP contribution in [0.3, 0.4) is 0 Å². The molecule has 0 N–H and O–H groups in total. The predicted molar refractivity (Wildman–Crippen MR) is 78.8 cm³/mol. The Hall–Kier alpha value is -1.57. The predicted octanol–water partition coefficient (Wildman–Crippen LogP) is 4.09. The lowest BCUT2D eigenvalue weighted by Gasteiger charge is -2.14. The van der Waals surface area contributed by atoms with E-state index in [4.69, 9.17) is 5.10 Å². The van der Waals surface area contributed by atoms with Crippen molar-refractivity contribution in [2.75, 3.05) is 0 Å². The number of rotatable bonds is 4. The Labute approximate surface area is 115 Å². The molecule has 19 heavy (non-hydrogen) atoms. The lowest BCUT2D eigenvalue weighted by molar-refractivity contribution is 0.652. The highest BCUT2D eigenvalue weighted by molar-refractivity contribution is 5.38. The lowest BCUT2D eigenvalue weighted by Crippen LogP contribution is -2.07. The summed E-state index contributed by atoms with van der Waals surface area (Å²) in [7, 11) is 0. The molecule has 0 aliphatic heterocycles. The number of fused-ring (bicyclic) bond motifs is 1. The van der Waals surface area contributed by atoms with Crippen molar-refractivity contribution >= 4 is 0 Å². The first-order valence-corrected chi connectivity index (χ1v) is 7.55. The van der Waals surface area contributed by atoms with Gasteiger partial charge in [-0.25, -0.2) is 4.68 Å². The van der Waals surface area contributed by atoms with E-state index in [0.29, 0.717) is 0 Å². The summed E-state index contributed by atoms with van der Waals surface area (Å²) in [5.41, 5.74) is 5.57. The molecule has 1 aliphatic rings. The third-order valence-corrected chi connectivity index (χ3v) is 4.03. The molecular formula is C17H22N2. The first-order chi connectivity index (χ1) is 9.40. The maximum atomic E-state index is 4.92. The number of hydrogen-bond acceptors (Lipinski definition) is 1. The van der Waals surface area contributed by atoms with E-state index in [2.05, 4.69) is 41.9 Å². The van der Waals surface area contributed by atoms with Crippen molar-refractivity contribution in [2.45, 2.75) is 51.9 Å². The molecule has 2 aromatic rings. The monoisotopic (exact) mass is 254 g/mol. The molecule has 1 heterocycles. The second kappa shape index (κ2) is 5.60. The molecule has 100 valence electrons.